The molecule has 0 aromatic carbocycles. The molecule has 0 aromatic heterocycles. The molecule has 0 unspecified atom stereocenters. The van der Waals surface area contributed by atoms with E-state index in [0.29, 0.717) is 12.8 Å². The van der Waals surface area contributed by atoms with Crippen LogP contribution < -0.4 is 0 Å². The standard InChI is InChI=1S/C9H15NO2/c1-4-6-9(10-3,7-5-2)8(11)12/h4-7H2,1-2H3,(H,11,12). The minimum atomic E-state index is -1.15. The Morgan fingerprint density at radius 2 is 1.83 bits per heavy atom. The lowest BCUT2D eigenvalue weighted by Crippen LogP contribution is -2.34. The van der Waals surface area contributed by atoms with Gasteiger partial charge in [-0.15, -0.1) is 0 Å². The molecule has 0 bridgehead atoms. The van der Waals surface area contributed by atoms with Crippen molar-refractivity contribution in [2.75, 3.05) is 0 Å². The van der Waals surface area contributed by atoms with E-state index in [1.165, 1.54) is 0 Å². The molecule has 0 amide bonds. The Morgan fingerprint density at radius 1 is 1.42 bits per heavy atom. The molecule has 12 heavy (non-hydrogen) atoms. The van der Waals surface area contributed by atoms with Crippen molar-refractivity contribution in [1.82, 2.24) is 0 Å². The molecule has 0 aromatic rings. The van der Waals surface area contributed by atoms with Crippen molar-refractivity contribution in [1.29, 1.82) is 0 Å². The molecule has 0 heterocycles. The summed E-state index contributed by atoms with van der Waals surface area (Å²) < 4.78 is 0. The van der Waals surface area contributed by atoms with Gasteiger partial charge in [0.05, 0.1) is 0 Å². The van der Waals surface area contributed by atoms with Gasteiger partial charge in [-0.2, -0.15) is 0 Å². The van der Waals surface area contributed by atoms with Crippen LogP contribution in [-0.2, 0) is 4.79 Å². The summed E-state index contributed by atoms with van der Waals surface area (Å²) in [5, 5.41) is 8.87. The first-order chi connectivity index (χ1) is 5.63. The molecule has 3 heteroatoms. The van der Waals surface area contributed by atoms with Crippen LogP contribution in [0.4, 0.5) is 0 Å². The predicted octanol–water partition coefficient (Wildman–Crippen LogP) is 2.33. The van der Waals surface area contributed by atoms with Crippen molar-refractivity contribution in [2.24, 2.45) is 0 Å². The number of rotatable bonds is 5. The highest BCUT2D eigenvalue weighted by atomic mass is 16.4. The van der Waals surface area contributed by atoms with Gasteiger partial charge in [-0.3, -0.25) is 4.85 Å². The van der Waals surface area contributed by atoms with Crippen LogP contribution in [0.2, 0.25) is 0 Å². The predicted molar refractivity (Wildman–Crippen MR) is 46.8 cm³/mol. The normalized spacial score (nSPS) is 10.8. The Balaban J connectivity index is 4.54. The van der Waals surface area contributed by atoms with E-state index in [2.05, 4.69) is 4.85 Å². The lowest BCUT2D eigenvalue weighted by molar-refractivity contribution is -0.142. The average molecular weight is 169 g/mol. The van der Waals surface area contributed by atoms with Crippen LogP contribution in [-0.4, -0.2) is 16.6 Å². The van der Waals surface area contributed by atoms with Gasteiger partial charge in [0.15, 0.2) is 0 Å². The van der Waals surface area contributed by atoms with Gasteiger partial charge in [-0.1, -0.05) is 13.8 Å². The second-order valence-corrected chi connectivity index (χ2v) is 2.95. The van der Waals surface area contributed by atoms with E-state index in [0.717, 1.165) is 12.8 Å². The van der Waals surface area contributed by atoms with Gasteiger partial charge >= 0.3 is 11.5 Å². The van der Waals surface area contributed by atoms with Crippen molar-refractivity contribution in [2.45, 2.75) is 45.1 Å². The zero-order chi connectivity index (χ0) is 9.61. The molecule has 0 aliphatic rings. The molecule has 3 nitrogen and oxygen atoms in total. The number of aliphatic carboxylic acids is 1. The van der Waals surface area contributed by atoms with Crippen molar-refractivity contribution < 1.29 is 9.90 Å². The van der Waals surface area contributed by atoms with E-state index in [4.69, 9.17) is 11.7 Å². The summed E-state index contributed by atoms with van der Waals surface area (Å²) in [5.41, 5.74) is -1.15. The summed E-state index contributed by atoms with van der Waals surface area (Å²) >= 11 is 0. The maximum Gasteiger partial charge on any atom is 0.390 e. The quantitative estimate of drug-likeness (QED) is 0.642. The molecule has 0 rings (SSSR count). The topological polar surface area (TPSA) is 41.7 Å². The molecular formula is C9H15NO2. The fourth-order valence-corrected chi connectivity index (χ4v) is 1.33. The van der Waals surface area contributed by atoms with Gasteiger partial charge in [-0.25, -0.2) is 11.4 Å². The van der Waals surface area contributed by atoms with Crippen LogP contribution in [0.25, 0.3) is 4.85 Å². The van der Waals surface area contributed by atoms with Crippen LogP contribution in [0, 0.1) is 6.57 Å². The van der Waals surface area contributed by atoms with Gasteiger partial charge in [0.25, 0.3) is 0 Å². The summed E-state index contributed by atoms with van der Waals surface area (Å²) in [6.07, 6.45) is 2.41. The van der Waals surface area contributed by atoms with E-state index >= 15 is 0 Å². The highest BCUT2D eigenvalue weighted by molar-refractivity contribution is 5.80. The highest BCUT2D eigenvalue weighted by Gasteiger charge is 2.43. The number of hydrogen-bond acceptors (Lipinski definition) is 1. The Kier molecular flexibility index (Phi) is 4.35. The maximum absolute atomic E-state index is 10.8. The Hall–Kier alpha value is -1.04. The van der Waals surface area contributed by atoms with Crippen molar-refractivity contribution in [3.05, 3.63) is 11.4 Å². The van der Waals surface area contributed by atoms with Crippen molar-refractivity contribution in [3.8, 4) is 0 Å². The second kappa shape index (κ2) is 4.76. The maximum atomic E-state index is 10.8. The van der Waals surface area contributed by atoms with Crippen LogP contribution >= 0.6 is 0 Å². The molecular weight excluding hydrogens is 154 g/mol. The molecule has 68 valence electrons. The number of carboxylic acids is 1. The van der Waals surface area contributed by atoms with Crippen LogP contribution in [0.1, 0.15) is 39.5 Å². The molecule has 0 saturated heterocycles. The molecule has 0 aliphatic carbocycles. The number of hydrogen-bond donors (Lipinski definition) is 1. The third-order valence-corrected chi connectivity index (χ3v) is 1.94. The van der Waals surface area contributed by atoms with Gasteiger partial charge in [0.2, 0.25) is 0 Å². The van der Waals surface area contributed by atoms with Crippen molar-refractivity contribution >= 4 is 5.97 Å². The lowest BCUT2D eigenvalue weighted by Gasteiger charge is -2.14. The molecule has 0 atom stereocenters. The lowest BCUT2D eigenvalue weighted by atomic mass is 9.90. The summed E-state index contributed by atoms with van der Waals surface area (Å²) in [6.45, 7) is 10.7. The van der Waals surface area contributed by atoms with Crippen molar-refractivity contribution in [3.63, 3.8) is 0 Å². The number of carbonyl (C=O) groups is 1. The molecule has 0 aliphatic heterocycles. The highest BCUT2D eigenvalue weighted by Crippen LogP contribution is 2.24. The largest absolute Gasteiger partial charge is 0.475 e. The zero-order valence-electron chi connectivity index (χ0n) is 7.63. The summed E-state index contributed by atoms with van der Waals surface area (Å²) in [4.78, 5) is 14.1. The van der Waals surface area contributed by atoms with Crippen LogP contribution in [0.3, 0.4) is 0 Å². The first-order valence-electron chi connectivity index (χ1n) is 4.25. The van der Waals surface area contributed by atoms with E-state index < -0.39 is 11.5 Å². The van der Waals surface area contributed by atoms with Crippen LogP contribution in [0.15, 0.2) is 0 Å². The second-order valence-electron chi connectivity index (χ2n) is 2.95. The smallest absolute Gasteiger partial charge is 0.390 e. The number of nitrogens with zero attached hydrogens (tertiary/aromatic N) is 1. The van der Waals surface area contributed by atoms with E-state index in [9.17, 15) is 4.79 Å². The van der Waals surface area contributed by atoms with E-state index in [1.54, 1.807) is 0 Å². The summed E-state index contributed by atoms with van der Waals surface area (Å²) in [7, 11) is 0. The minimum Gasteiger partial charge on any atom is -0.475 e. The fourth-order valence-electron chi connectivity index (χ4n) is 1.33. The first-order valence-corrected chi connectivity index (χ1v) is 4.25. The SMILES string of the molecule is [C-]#[N+]C(CCC)(CCC)C(=O)O. The average Bonchev–Trinajstić information content (AvgIpc) is 2.03. The molecule has 0 spiro atoms. The molecule has 0 fully saturated rings. The Bertz CT molecular complexity index is 187. The fraction of sp³-hybridized carbons (Fsp3) is 0.778. The van der Waals surface area contributed by atoms with Gasteiger partial charge in [0, 0.05) is 12.8 Å². The Labute approximate surface area is 73.2 Å². The number of carboxylic acid groups (broad SMARTS) is 1. The molecule has 0 saturated carbocycles. The minimum absolute atomic E-state index is 0.458. The Morgan fingerprint density at radius 3 is 2.00 bits per heavy atom. The summed E-state index contributed by atoms with van der Waals surface area (Å²) in [6, 6.07) is 0. The third-order valence-electron chi connectivity index (χ3n) is 1.94. The van der Waals surface area contributed by atoms with Crippen LogP contribution in [0.5, 0.6) is 0 Å². The monoisotopic (exact) mass is 169 g/mol. The van der Waals surface area contributed by atoms with Gasteiger partial charge in [0.1, 0.15) is 0 Å². The first kappa shape index (κ1) is 11.0. The molecule has 1 N–H and O–H groups in total. The van der Waals surface area contributed by atoms with E-state index in [-0.39, 0.29) is 0 Å². The van der Waals surface area contributed by atoms with Gasteiger partial charge < -0.3 is 5.11 Å². The van der Waals surface area contributed by atoms with Gasteiger partial charge in [-0.05, 0) is 12.8 Å². The molecule has 0 radical (unpaired) electrons. The van der Waals surface area contributed by atoms with E-state index in [1.807, 2.05) is 13.8 Å². The third kappa shape index (κ3) is 2.23. The summed E-state index contributed by atoms with van der Waals surface area (Å²) in [5.74, 6) is -0.971. The zero-order valence-corrected chi connectivity index (χ0v) is 7.63.